The van der Waals surface area contributed by atoms with Gasteiger partial charge in [-0.1, -0.05) is 153 Å². The Morgan fingerprint density at radius 2 is 1.26 bits per heavy atom. The molecule has 9 nitrogen and oxygen atoms in total. The van der Waals surface area contributed by atoms with Gasteiger partial charge in [0.15, 0.2) is 5.82 Å². The van der Waals surface area contributed by atoms with Crippen molar-refractivity contribution in [2.75, 3.05) is 5.32 Å². The predicted octanol–water partition coefficient (Wildman–Crippen LogP) is 8.02. The minimum absolute atomic E-state index is 0.172. The molecule has 0 atom stereocenters. The summed E-state index contributed by atoms with van der Waals surface area (Å²) in [6.07, 6.45) is 2.94. The summed E-state index contributed by atoms with van der Waals surface area (Å²) in [4.78, 5) is 31.6. The Kier molecular flexibility index (Phi) is 9.07. The van der Waals surface area contributed by atoms with E-state index < -0.39 is 11.1 Å². The van der Waals surface area contributed by atoms with Crippen LogP contribution in [0.15, 0.2) is 144 Å². The SMILES string of the molecule is CCCCc1nc2n(c(=O)c1Cc1ccc(-c3ccccc3-c3nnnn3C(c3ccccc3)(c3ccccc3)c3ccccc3)cc1)C(C)(C)C(=O)N2. The molecule has 0 unspecified atom stereocenters. The number of unbranched alkanes of at least 4 members (excludes halogenated alkanes) is 1. The summed E-state index contributed by atoms with van der Waals surface area (Å²) in [7, 11) is 0. The number of anilines is 1. The van der Waals surface area contributed by atoms with E-state index in [0.717, 1.165) is 57.5 Å². The second kappa shape index (κ2) is 14.2. The van der Waals surface area contributed by atoms with E-state index in [2.05, 4.69) is 90.3 Å². The molecule has 1 N–H and O–H groups in total. The Bertz CT molecular complexity index is 2390. The number of carbonyl (C=O) groups is 1. The minimum atomic E-state index is -1.01. The van der Waals surface area contributed by atoms with Crippen molar-refractivity contribution in [1.82, 2.24) is 29.8 Å². The number of rotatable bonds is 11. The van der Waals surface area contributed by atoms with E-state index in [1.165, 1.54) is 4.57 Å². The van der Waals surface area contributed by atoms with Crippen molar-refractivity contribution in [3.63, 3.8) is 0 Å². The average Bonchev–Trinajstić information content (AvgIpc) is 3.78. The lowest BCUT2D eigenvalue weighted by atomic mass is 9.77. The summed E-state index contributed by atoms with van der Waals surface area (Å²) in [5, 5.41) is 16.6. The molecule has 2 aromatic heterocycles. The van der Waals surface area contributed by atoms with Gasteiger partial charge in [0.1, 0.15) is 11.1 Å². The first-order valence-corrected chi connectivity index (χ1v) is 18.4. The van der Waals surface area contributed by atoms with Crippen molar-refractivity contribution in [2.24, 2.45) is 0 Å². The molecule has 268 valence electrons. The second-order valence-corrected chi connectivity index (χ2v) is 14.3. The molecule has 0 saturated heterocycles. The molecule has 0 spiro atoms. The molecule has 8 rings (SSSR count). The number of carbonyl (C=O) groups excluding carboxylic acids is 1. The molecule has 3 heterocycles. The summed E-state index contributed by atoms with van der Waals surface area (Å²) in [5.74, 6) is 0.720. The predicted molar refractivity (Wildman–Crippen MR) is 211 cm³/mol. The highest BCUT2D eigenvalue weighted by atomic mass is 16.2. The molecular formula is C45H41N7O2. The number of benzene rings is 5. The van der Waals surface area contributed by atoms with Gasteiger partial charge in [-0.3, -0.25) is 19.5 Å². The number of hydrogen-bond acceptors (Lipinski definition) is 6. The van der Waals surface area contributed by atoms with Crippen LogP contribution in [0.25, 0.3) is 22.5 Å². The van der Waals surface area contributed by atoms with Crippen LogP contribution in [0.5, 0.6) is 0 Å². The zero-order valence-corrected chi connectivity index (χ0v) is 30.6. The third-order valence-corrected chi connectivity index (χ3v) is 10.5. The van der Waals surface area contributed by atoms with Crippen molar-refractivity contribution < 1.29 is 4.79 Å². The molecular weight excluding hydrogens is 671 g/mol. The number of aryl methyl sites for hydroxylation is 1. The van der Waals surface area contributed by atoms with Gasteiger partial charge in [-0.15, -0.1) is 5.10 Å². The average molecular weight is 712 g/mol. The number of nitrogens with zero attached hydrogens (tertiary/aromatic N) is 6. The van der Waals surface area contributed by atoms with Crippen LogP contribution in [0.1, 0.15) is 67.1 Å². The van der Waals surface area contributed by atoms with Gasteiger partial charge in [-0.05, 0) is 70.5 Å². The van der Waals surface area contributed by atoms with Gasteiger partial charge in [0.25, 0.3) is 11.5 Å². The topological polar surface area (TPSA) is 108 Å². The largest absolute Gasteiger partial charge is 0.294 e. The lowest BCUT2D eigenvalue weighted by molar-refractivity contribution is -0.121. The van der Waals surface area contributed by atoms with Gasteiger partial charge in [-0.2, -0.15) is 0 Å². The first kappa shape index (κ1) is 34.6. The lowest BCUT2D eigenvalue weighted by Gasteiger charge is -2.36. The molecule has 1 amide bonds. The summed E-state index contributed by atoms with van der Waals surface area (Å²) >= 11 is 0. The fraction of sp³-hybridized carbons (Fsp3) is 0.200. The van der Waals surface area contributed by atoms with Gasteiger partial charge in [0, 0.05) is 17.5 Å². The zero-order chi connectivity index (χ0) is 37.3. The zero-order valence-electron chi connectivity index (χ0n) is 30.6. The highest BCUT2D eigenvalue weighted by molar-refractivity contribution is 5.98. The standard InChI is InChI=1S/C45H41N7O2/c1-4-5-25-39-38(41(53)51-43(46-39)47-42(54)44(51,2)3)30-31-26-28-32(29-27-31)36-23-15-16-24-37(36)40-48-49-50-52(40)45(33-17-9-6-10-18-33,34-19-11-7-12-20-34)35-21-13-8-14-22-35/h6-24,26-29H,4-5,25,30H2,1-3H3,(H,46,47,54). The number of fused-ring (bicyclic) bond motifs is 1. The van der Waals surface area contributed by atoms with E-state index in [-0.39, 0.29) is 11.5 Å². The summed E-state index contributed by atoms with van der Waals surface area (Å²) < 4.78 is 3.46. The number of amides is 1. The quantitative estimate of drug-likeness (QED) is 0.136. The number of aromatic nitrogens is 6. The van der Waals surface area contributed by atoms with Gasteiger partial charge in [0.2, 0.25) is 5.95 Å². The van der Waals surface area contributed by atoms with Crippen LogP contribution in [0, 0.1) is 0 Å². The summed E-state index contributed by atoms with van der Waals surface area (Å²) in [6.45, 7) is 5.62. The third-order valence-electron chi connectivity index (χ3n) is 10.5. The molecule has 54 heavy (non-hydrogen) atoms. The number of tetrazole rings is 1. The van der Waals surface area contributed by atoms with Gasteiger partial charge in [0.05, 0.1) is 5.69 Å². The van der Waals surface area contributed by atoms with Crippen LogP contribution < -0.4 is 10.9 Å². The van der Waals surface area contributed by atoms with Crippen LogP contribution in [-0.2, 0) is 28.7 Å². The maximum absolute atomic E-state index is 14.0. The van der Waals surface area contributed by atoms with E-state index in [4.69, 9.17) is 15.3 Å². The molecule has 1 aliphatic heterocycles. The molecule has 0 saturated carbocycles. The fourth-order valence-corrected chi connectivity index (χ4v) is 7.71. The first-order chi connectivity index (χ1) is 26.3. The van der Waals surface area contributed by atoms with Crippen molar-refractivity contribution in [3.05, 3.63) is 183 Å². The Balaban J connectivity index is 1.22. The maximum atomic E-state index is 14.0. The van der Waals surface area contributed by atoms with E-state index in [9.17, 15) is 9.59 Å². The molecule has 0 bridgehead atoms. The molecule has 0 radical (unpaired) electrons. The Morgan fingerprint density at radius 1 is 0.704 bits per heavy atom. The van der Waals surface area contributed by atoms with Crippen LogP contribution in [0.4, 0.5) is 5.95 Å². The molecule has 1 aliphatic rings. The van der Waals surface area contributed by atoms with Crippen molar-refractivity contribution in [3.8, 4) is 22.5 Å². The van der Waals surface area contributed by atoms with Crippen LogP contribution in [0.2, 0.25) is 0 Å². The van der Waals surface area contributed by atoms with Crippen molar-refractivity contribution >= 4 is 11.9 Å². The number of hydrogen-bond donors (Lipinski definition) is 1. The van der Waals surface area contributed by atoms with E-state index in [1.807, 2.05) is 71.4 Å². The lowest BCUT2D eigenvalue weighted by Crippen LogP contribution is -2.40. The molecule has 7 aromatic rings. The summed E-state index contributed by atoms with van der Waals surface area (Å²) in [6, 6.07) is 47.6. The van der Waals surface area contributed by atoms with Gasteiger partial charge >= 0.3 is 0 Å². The normalized spacial score (nSPS) is 13.4. The fourth-order valence-electron chi connectivity index (χ4n) is 7.71. The molecule has 5 aromatic carbocycles. The number of nitrogens with one attached hydrogen (secondary N) is 1. The van der Waals surface area contributed by atoms with E-state index >= 15 is 0 Å². The Labute approximate surface area is 314 Å². The highest BCUT2D eigenvalue weighted by Crippen LogP contribution is 2.43. The van der Waals surface area contributed by atoms with Gasteiger partial charge in [-0.25, -0.2) is 9.67 Å². The minimum Gasteiger partial charge on any atom is -0.294 e. The smallest absolute Gasteiger partial charge is 0.259 e. The van der Waals surface area contributed by atoms with E-state index in [0.29, 0.717) is 30.2 Å². The second-order valence-electron chi connectivity index (χ2n) is 14.3. The van der Waals surface area contributed by atoms with Crippen molar-refractivity contribution in [2.45, 2.75) is 57.5 Å². The molecule has 0 fully saturated rings. The monoisotopic (exact) mass is 711 g/mol. The highest BCUT2D eigenvalue weighted by Gasteiger charge is 2.43. The Morgan fingerprint density at radius 3 is 1.83 bits per heavy atom. The molecule has 9 heteroatoms. The van der Waals surface area contributed by atoms with Gasteiger partial charge < -0.3 is 0 Å². The van der Waals surface area contributed by atoms with Crippen LogP contribution in [0.3, 0.4) is 0 Å². The maximum Gasteiger partial charge on any atom is 0.259 e. The summed E-state index contributed by atoms with van der Waals surface area (Å²) in [5.41, 5.74) is 6.18. The molecule has 0 aliphatic carbocycles. The Hall–Kier alpha value is -6.48. The van der Waals surface area contributed by atoms with Crippen LogP contribution >= 0.6 is 0 Å². The first-order valence-electron chi connectivity index (χ1n) is 18.4. The van der Waals surface area contributed by atoms with E-state index in [1.54, 1.807) is 13.8 Å². The van der Waals surface area contributed by atoms with Crippen LogP contribution in [-0.4, -0.2) is 35.7 Å². The third kappa shape index (κ3) is 5.82. The van der Waals surface area contributed by atoms with Crippen molar-refractivity contribution in [1.29, 1.82) is 0 Å².